The highest BCUT2D eigenvalue weighted by Gasteiger charge is 2.26. The highest BCUT2D eigenvalue weighted by molar-refractivity contribution is 5.94. The molecule has 1 aliphatic rings. The number of carbonyl (C=O) groups is 2. The summed E-state index contributed by atoms with van der Waals surface area (Å²) in [7, 11) is 0. The summed E-state index contributed by atoms with van der Waals surface area (Å²) in [6, 6.07) is 1.68. The molecule has 1 aromatic rings. The van der Waals surface area contributed by atoms with Crippen molar-refractivity contribution in [3.63, 3.8) is 0 Å². The van der Waals surface area contributed by atoms with Gasteiger partial charge < -0.3 is 14.5 Å². The summed E-state index contributed by atoms with van der Waals surface area (Å²) in [6.45, 7) is 7.21. The first-order chi connectivity index (χ1) is 9.52. The number of aromatic nitrogens is 1. The average molecular weight is 281 g/mol. The van der Waals surface area contributed by atoms with E-state index in [1.165, 1.54) is 6.07 Å². The van der Waals surface area contributed by atoms with Crippen molar-refractivity contribution in [1.82, 2.24) is 15.0 Å². The minimum Gasteiger partial charge on any atom is -0.475 e. The van der Waals surface area contributed by atoms with Gasteiger partial charge in [-0.05, 0) is 13.3 Å². The Balaban J connectivity index is 1.96. The van der Waals surface area contributed by atoms with Crippen LogP contribution in [0.3, 0.4) is 0 Å². The van der Waals surface area contributed by atoms with Crippen LogP contribution in [0.4, 0.5) is 0 Å². The van der Waals surface area contributed by atoms with E-state index < -0.39 is 5.97 Å². The van der Waals surface area contributed by atoms with Crippen LogP contribution in [0.25, 0.3) is 0 Å². The first-order valence-corrected chi connectivity index (χ1v) is 6.76. The zero-order chi connectivity index (χ0) is 14.7. The summed E-state index contributed by atoms with van der Waals surface area (Å²) in [4.78, 5) is 26.9. The van der Waals surface area contributed by atoms with Crippen LogP contribution in [0.1, 0.15) is 41.3 Å². The molecular weight excluding hydrogens is 262 g/mol. The maximum atomic E-state index is 12.2. The molecular formula is C13H19N3O4. The van der Waals surface area contributed by atoms with E-state index in [9.17, 15) is 9.59 Å². The molecule has 1 aliphatic heterocycles. The Morgan fingerprint density at radius 3 is 2.55 bits per heavy atom. The fraction of sp³-hybridized carbons (Fsp3) is 0.615. The van der Waals surface area contributed by atoms with Gasteiger partial charge in [0.05, 0.1) is 0 Å². The topological polar surface area (TPSA) is 86.9 Å². The number of aromatic carboxylic acids is 1. The Morgan fingerprint density at radius 2 is 2.05 bits per heavy atom. The van der Waals surface area contributed by atoms with E-state index in [2.05, 4.69) is 28.4 Å². The van der Waals surface area contributed by atoms with Crippen LogP contribution >= 0.6 is 0 Å². The van der Waals surface area contributed by atoms with Crippen LogP contribution in [0, 0.1) is 0 Å². The molecule has 1 N–H and O–H groups in total. The summed E-state index contributed by atoms with van der Waals surface area (Å²) in [5.41, 5.74) is 0.0550. The molecule has 1 aromatic heterocycles. The summed E-state index contributed by atoms with van der Waals surface area (Å²) in [6.07, 6.45) is 1.08. The Bertz CT molecular complexity index is 492. The van der Waals surface area contributed by atoms with Crippen molar-refractivity contribution in [2.24, 2.45) is 0 Å². The van der Waals surface area contributed by atoms with Crippen molar-refractivity contribution in [2.75, 3.05) is 26.2 Å². The first-order valence-electron chi connectivity index (χ1n) is 6.76. The minimum atomic E-state index is -1.22. The van der Waals surface area contributed by atoms with Crippen molar-refractivity contribution in [3.05, 3.63) is 17.5 Å². The van der Waals surface area contributed by atoms with Crippen LogP contribution in [0.2, 0.25) is 0 Å². The van der Waals surface area contributed by atoms with Crippen molar-refractivity contribution in [2.45, 2.75) is 26.3 Å². The molecule has 20 heavy (non-hydrogen) atoms. The zero-order valence-electron chi connectivity index (χ0n) is 11.7. The fourth-order valence-corrected chi connectivity index (χ4v) is 2.26. The quantitative estimate of drug-likeness (QED) is 0.883. The maximum Gasteiger partial charge on any atom is 0.374 e. The largest absolute Gasteiger partial charge is 0.475 e. The summed E-state index contributed by atoms with van der Waals surface area (Å²) < 4.78 is 4.61. The van der Waals surface area contributed by atoms with Crippen molar-refractivity contribution < 1.29 is 19.2 Å². The first kappa shape index (κ1) is 14.5. The fourth-order valence-electron chi connectivity index (χ4n) is 2.26. The number of nitrogens with zero attached hydrogens (tertiary/aromatic N) is 3. The number of carboxylic acid groups (broad SMARTS) is 1. The van der Waals surface area contributed by atoms with E-state index in [0.717, 1.165) is 19.5 Å². The van der Waals surface area contributed by atoms with Gasteiger partial charge in [-0.2, -0.15) is 0 Å². The smallest absolute Gasteiger partial charge is 0.374 e. The van der Waals surface area contributed by atoms with Crippen LogP contribution in [-0.4, -0.2) is 64.2 Å². The molecule has 1 unspecified atom stereocenters. The number of hydrogen-bond donors (Lipinski definition) is 1. The van der Waals surface area contributed by atoms with Crippen molar-refractivity contribution in [3.8, 4) is 0 Å². The molecule has 1 saturated heterocycles. The van der Waals surface area contributed by atoms with Crippen LogP contribution in [0.5, 0.6) is 0 Å². The highest BCUT2D eigenvalue weighted by atomic mass is 16.5. The lowest BCUT2D eigenvalue weighted by Crippen LogP contribution is -2.51. The predicted molar refractivity (Wildman–Crippen MR) is 70.7 cm³/mol. The van der Waals surface area contributed by atoms with Gasteiger partial charge in [0.1, 0.15) is 0 Å². The Kier molecular flexibility index (Phi) is 4.39. The van der Waals surface area contributed by atoms with Gasteiger partial charge in [-0.3, -0.25) is 9.69 Å². The molecule has 1 atom stereocenters. The molecule has 0 spiro atoms. The third-order valence-corrected chi connectivity index (χ3v) is 3.76. The standard InChI is InChI=1S/C13H19N3O4/c1-3-9(2)15-4-6-16(7-5-15)12(17)10-8-11(13(18)19)20-14-10/h8-9H,3-7H2,1-2H3,(H,18,19). The molecule has 2 heterocycles. The van der Waals surface area contributed by atoms with Gasteiger partial charge in [-0.1, -0.05) is 12.1 Å². The molecule has 0 aromatic carbocycles. The van der Waals surface area contributed by atoms with E-state index in [1.807, 2.05) is 0 Å². The number of amides is 1. The van der Waals surface area contributed by atoms with Crippen LogP contribution in [0.15, 0.2) is 10.6 Å². The van der Waals surface area contributed by atoms with Crippen LogP contribution in [-0.2, 0) is 0 Å². The van der Waals surface area contributed by atoms with Gasteiger partial charge in [-0.15, -0.1) is 0 Å². The molecule has 7 heteroatoms. The normalized spacial score (nSPS) is 18.0. The number of piperazine rings is 1. The van der Waals surface area contributed by atoms with E-state index in [0.29, 0.717) is 19.1 Å². The number of rotatable bonds is 4. The van der Waals surface area contributed by atoms with Crippen molar-refractivity contribution >= 4 is 11.9 Å². The lowest BCUT2D eigenvalue weighted by atomic mass is 10.2. The third-order valence-electron chi connectivity index (χ3n) is 3.76. The lowest BCUT2D eigenvalue weighted by Gasteiger charge is -2.37. The van der Waals surface area contributed by atoms with E-state index in [1.54, 1.807) is 4.90 Å². The van der Waals surface area contributed by atoms with Crippen molar-refractivity contribution in [1.29, 1.82) is 0 Å². The molecule has 1 fully saturated rings. The second-order valence-electron chi connectivity index (χ2n) is 4.97. The van der Waals surface area contributed by atoms with Gasteiger partial charge >= 0.3 is 5.97 Å². The zero-order valence-corrected chi connectivity index (χ0v) is 11.7. The van der Waals surface area contributed by atoms with Gasteiger partial charge in [0.2, 0.25) is 5.76 Å². The van der Waals surface area contributed by atoms with E-state index in [4.69, 9.17) is 5.11 Å². The molecule has 0 saturated carbocycles. The molecule has 0 bridgehead atoms. The molecule has 7 nitrogen and oxygen atoms in total. The summed E-state index contributed by atoms with van der Waals surface area (Å²) in [5, 5.41) is 12.3. The summed E-state index contributed by atoms with van der Waals surface area (Å²) >= 11 is 0. The molecule has 0 aliphatic carbocycles. The predicted octanol–water partition coefficient (Wildman–Crippen LogP) is 0.929. The minimum absolute atomic E-state index is 0.0550. The van der Waals surface area contributed by atoms with Crippen LogP contribution < -0.4 is 0 Å². The molecule has 110 valence electrons. The second kappa shape index (κ2) is 6.04. The highest BCUT2D eigenvalue weighted by Crippen LogP contribution is 2.12. The van der Waals surface area contributed by atoms with Gasteiger partial charge in [-0.25, -0.2) is 4.79 Å². The van der Waals surface area contributed by atoms with E-state index >= 15 is 0 Å². The van der Waals surface area contributed by atoms with Gasteiger partial charge in [0.15, 0.2) is 5.69 Å². The number of carboxylic acids is 1. The SMILES string of the molecule is CCC(C)N1CCN(C(=O)c2cc(C(=O)O)on2)CC1. The molecule has 1 amide bonds. The maximum absolute atomic E-state index is 12.2. The van der Waals surface area contributed by atoms with Gasteiger partial charge in [0.25, 0.3) is 5.91 Å². The lowest BCUT2D eigenvalue weighted by molar-refractivity contribution is 0.0567. The Labute approximate surface area is 117 Å². The number of hydrogen-bond acceptors (Lipinski definition) is 5. The number of carbonyl (C=O) groups excluding carboxylic acids is 1. The second-order valence-corrected chi connectivity index (χ2v) is 4.97. The molecule has 0 radical (unpaired) electrons. The average Bonchev–Trinajstić information content (AvgIpc) is 2.96. The van der Waals surface area contributed by atoms with Gasteiger partial charge in [0, 0.05) is 38.3 Å². The third kappa shape index (κ3) is 2.98. The Hall–Kier alpha value is -1.89. The monoisotopic (exact) mass is 281 g/mol. The Morgan fingerprint density at radius 1 is 1.40 bits per heavy atom. The molecule has 2 rings (SSSR count). The van der Waals surface area contributed by atoms with E-state index in [-0.39, 0.29) is 17.4 Å². The summed E-state index contributed by atoms with van der Waals surface area (Å²) in [5.74, 6) is -1.81.